The highest BCUT2D eigenvalue weighted by Crippen LogP contribution is 2.33. The fourth-order valence-corrected chi connectivity index (χ4v) is 3.61. The van der Waals surface area contributed by atoms with Crippen LogP contribution >= 0.6 is 11.6 Å². The van der Waals surface area contributed by atoms with Gasteiger partial charge in [0, 0.05) is 18.2 Å². The maximum atomic E-state index is 12.5. The smallest absolute Gasteiger partial charge is 0.244 e. The van der Waals surface area contributed by atoms with E-state index in [4.69, 9.17) is 21.1 Å². The Hall–Kier alpha value is -2.47. The number of aromatic nitrogens is 2. The van der Waals surface area contributed by atoms with Gasteiger partial charge in [-0.2, -0.15) is 5.10 Å². The van der Waals surface area contributed by atoms with Gasteiger partial charge in [0.15, 0.2) is 11.5 Å². The number of carbonyl (C=O) groups is 1. The van der Waals surface area contributed by atoms with Gasteiger partial charge < -0.3 is 14.8 Å². The molecular formula is C22H28ClN3O3. The van der Waals surface area contributed by atoms with Crippen LogP contribution in [-0.4, -0.2) is 28.9 Å². The second-order valence-corrected chi connectivity index (χ2v) is 7.93. The van der Waals surface area contributed by atoms with Crippen LogP contribution in [0, 0.1) is 12.8 Å². The van der Waals surface area contributed by atoms with Crippen molar-refractivity contribution < 1.29 is 14.3 Å². The molecule has 0 saturated carbocycles. The van der Waals surface area contributed by atoms with Crippen LogP contribution in [-0.2, 0) is 11.3 Å². The van der Waals surface area contributed by atoms with Crippen molar-refractivity contribution in [1.29, 1.82) is 0 Å². The van der Waals surface area contributed by atoms with Crippen LogP contribution < -0.4 is 14.8 Å². The number of halogens is 1. The van der Waals surface area contributed by atoms with Crippen LogP contribution in [0.1, 0.15) is 50.1 Å². The standard InChI is InChI=1S/C22H28ClN3O3/c1-5-18(16-6-8-19-20(12-16)29-11-10-28-19)24-21(27)9-7-17-15(4)25-26(22(17)23)13-14(2)3/h6-9,12,14,18H,5,10-11,13H2,1-4H3,(H,24,27)/b9-7+. The largest absolute Gasteiger partial charge is 0.486 e. The molecule has 1 amide bonds. The number of nitrogens with zero attached hydrogens (tertiary/aromatic N) is 2. The van der Waals surface area contributed by atoms with Crippen molar-refractivity contribution in [3.05, 3.63) is 46.2 Å². The number of benzene rings is 1. The molecule has 156 valence electrons. The lowest BCUT2D eigenvalue weighted by Crippen LogP contribution is -2.26. The van der Waals surface area contributed by atoms with Crippen LogP contribution in [0.15, 0.2) is 24.3 Å². The van der Waals surface area contributed by atoms with Gasteiger partial charge in [-0.3, -0.25) is 9.48 Å². The van der Waals surface area contributed by atoms with Crippen molar-refractivity contribution in [2.24, 2.45) is 5.92 Å². The average Bonchev–Trinajstić information content (AvgIpc) is 2.96. The normalized spacial score (nSPS) is 14.4. The molecule has 1 unspecified atom stereocenters. The molecule has 1 aromatic heterocycles. The van der Waals surface area contributed by atoms with Crippen LogP contribution in [0.2, 0.25) is 5.15 Å². The van der Waals surface area contributed by atoms with E-state index in [9.17, 15) is 4.79 Å². The summed E-state index contributed by atoms with van der Waals surface area (Å²) < 4.78 is 13.0. The lowest BCUT2D eigenvalue weighted by atomic mass is 10.0. The molecule has 1 aliphatic rings. The lowest BCUT2D eigenvalue weighted by Gasteiger charge is -2.22. The highest BCUT2D eigenvalue weighted by molar-refractivity contribution is 6.31. The molecule has 2 heterocycles. The van der Waals surface area contributed by atoms with Gasteiger partial charge in [-0.1, -0.05) is 38.4 Å². The highest BCUT2D eigenvalue weighted by Gasteiger charge is 2.17. The van der Waals surface area contributed by atoms with E-state index in [2.05, 4.69) is 24.3 Å². The third-order valence-corrected chi connectivity index (χ3v) is 5.14. The van der Waals surface area contributed by atoms with Crippen molar-refractivity contribution >= 4 is 23.6 Å². The predicted octanol–water partition coefficient (Wildman–Crippen LogP) is 4.55. The summed E-state index contributed by atoms with van der Waals surface area (Å²) in [7, 11) is 0. The molecule has 0 fully saturated rings. The zero-order valence-electron chi connectivity index (χ0n) is 17.4. The minimum Gasteiger partial charge on any atom is -0.486 e. The van der Waals surface area contributed by atoms with Crippen LogP contribution in [0.25, 0.3) is 6.08 Å². The molecule has 1 aromatic carbocycles. The average molecular weight is 418 g/mol. The highest BCUT2D eigenvalue weighted by atomic mass is 35.5. The molecule has 7 heteroatoms. The summed E-state index contributed by atoms with van der Waals surface area (Å²) in [5.41, 5.74) is 2.56. The van der Waals surface area contributed by atoms with Crippen molar-refractivity contribution in [2.75, 3.05) is 13.2 Å². The van der Waals surface area contributed by atoms with E-state index in [0.717, 1.165) is 41.3 Å². The van der Waals surface area contributed by atoms with Crippen molar-refractivity contribution in [1.82, 2.24) is 15.1 Å². The summed E-state index contributed by atoms with van der Waals surface area (Å²) in [5.74, 6) is 1.71. The van der Waals surface area contributed by atoms with Gasteiger partial charge in [0.1, 0.15) is 18.4 Å². The molecule has 1 N–H and O–H groups in total. The van der Waals surface area contributed by atoms with Crippen molar-refractivity contribution in [2.45, 2.75) is 46.7 Å². The summed E-state index contributed by atoms with van der Waals surface area (Å²) >= 11 is 6.45. The number of carbonyl (C=O) groups excluding carboxylic acids is 1. The Bertz CT molecular complexity index is 905. The van der Waals surface area contributed by atoms with E-state index >= 15 is 0 Å². The Morgan fingerprint density at radius 2 is 2.03 bits per heavy atom. The summed E-state index contributed by atoms with van der Waals surface area (Å²) in [5, 5.41) is 8.07. The summed E-state index contributed by atoms with van der Waals surface area (Å²) in [6, 6.07) is 5.66. The Labute approximate surface area is 176 Å². The molecule has 6 nitrogen and oxygen atoms in total. The molecule has 0 spiro atoms. The minimum atomic E-state index is -0.182. The number of nitrogens with one attached hydrogen (secondary N) is 1. The number of amides is 1. The molecule has 0 bridgehead atoms. The van der Waals surface area contributed by atoms with Crippen molar-refractivity contribution in [3.8, 4) is 11.5 Å². The van der Waals surface area contributed by atoms with E-state index in [1.807, 2.05) is 32.0 Å². The Kier molecular flexibility index (Phi) is 6.85. The van der Waals surface area contributed by atoms with Crippen LogP contribution in [0.5, 0.6) is 11.5 Å². The number of hydrogen-bond donors (Lipinski definition) is 1. The zero-order chi connectivity index (χ0) is 21.0. The fraction of sp³-hybridized carbons (Fsp3) is 0.455. The maximum Gasteiger partial charge on any atom is 0.244 e. The van der Waals surface area contributed by atoms with E-state index < -0.39 is 0 Å². The van der Waals surface area contributed by atoms with Gasteiger partial charge in [-0.15, -0.1) is 0 Å². The van der Waals surface area contributed by atoms with Gasteiger partial charge in [0.2, 0.25) is 5.91 Å². The predicted molar refractivity (Wildman–Crippen MR) is 114 cm³/mol. The minimum absolute atomic E-state index is 0.122. The summed E-state index contributed by atoms with van der Waals surface area (Å²) in [6.45, 7) is 9.97. The summed E-state index contributed by atoms with van der Waals surface area (Å²) in [4.78, 5) is 12.5. The van der Waals surface area contributed by atoms with E-state index in [-0.39, 0.29) is 11.9 Å². The first-order valence-corrected chi connectivity index (χ1v) is 10.4. The third-order valence-electron chi connectivity index (χ3n) is 4.74. The molecule has 0 radical (unpaired) electrons. The van der Waals surface area contributed by atoms with E-state index in [1.165, 1.54) is 6.08 Å². The number of hydrogen-bond acceptors (Lipinski definition) is 4. The number of aryl methyl sites for hydroxylation is 1. The van der Waals surface area contributed by atoms with E-state index in [1.54, 1.807) is 10.8 Å². The monoisotopic (exact) mass is 417 g/mol. The van der Waals surface area contributed by atoms with Crippen LogP contribution in [0.3, 0.4) is 0 Å². The number of rotatable bonds is 7. The number of ether oxygens (including phenoxy) is 2. The first kappa shape index (κ1) is 21.2. The zero-order valence-corrected chi connectivity index (χ0v) is 18.1. The second-order valence-electron chi connectivity index (χ2n) is 7.57. The van der Waals surface area contributed by atoms with Crippen LogP contribution in [0.4, 0.5) is 0 Å². The molecular weight excluding hydrogens is 390 g/mol. The SMILES string of the molecule is CCC(NC(=O)/C=C/c1c(C)nn(CC(C)C)c1Cl)c1ccc2c(c1)OCCO2. The first-order valence-electron chi connectivity index (χ1n) is 10.00. The third kappa shape index (κ3) is 5.12. The maximum absolute atomic E-state index is 12.5. The van der Waals surface area contributed by atoms with Gasteiger partial charge in [0.05, 0.1) is 11.7 Å². The first-order chi connectivity index (χ1) is 13.9. The fourth-order valence-electron chi connectivity index (χ4n) is 3.30. The van der Waals surface area contributed by atoms with Gasteiger partial charge in [0.25, 0.3) is 0 Å². The molecule has 1 aliphatic heterocycles. The molecule has 0 aliphatic carbocycles. The molecule has 1 atom stereocenters. The quantitative estimate of drug-likeness (QED) is 0.671. The van der Waals surface area contributed by atoms with Crippen molar-refractivity contribution in [3.63, 3.8) is 0 Å². The second kappa shape index (κ2) is 9.35. The topological polar surface area (TPSA) is 65.4 Å². The number of fused-ring (bicyclic) bond motifs is 1. The molecule has 3 rings (SSSR count). The Morgan fingerprint density at radius 3 is 2.72 bits per heavy atom. The van der Waals surface area contributed by atoms with Gasteiger partial charge >= 0.3 is 0 Å². The molecule has 0 saturated heterocycles. The molecule has 29 heavy (non-hydrogen) atoms. The van der Waals surface area contributed by atoms with Gasteiger partial charge in [-0.25, -0.2) is 0 Å². The Balaban J connectivity index is 1.70. The lowest BCUT2D eigenvalue weighted by molar-refractivity contribution is -0.117. The molecule has 2 aromatic rings. The van der Waals surface area contributed by atoms with E-state index in [0.29, 0.717) is 24.3 Å². The Morgan fingerprint density at radius 1 is 1.31 bits per heavy atom. The van der Waals surface area contributed by atoms with Gasteiger partial charge in [-0.05, 0) is 43.0 Å². The summed E-state index contributed by atoms with van der Waals surface area (Å²) in [6.07, 6.45) is 4.00.